The Bertz CT molecular complexity index is 800. The molecule has 10 heteroatoms. The summed E-state index contributed by atoms with van der Waals surface area (Å²) in [6.07, 6.45) is 0.831. The summed E-state index contributed by atoms with van der Waals surface area (Å²) >= 11 is 12.0. The van der Waals surface area contributed by atoms with Crippen LogP contribution in [0.2, 0.25) is 10.0 Å². The van der Waals surface area contributed by atoms with Crippen LogP contribution in [0.4, 0.5) is 5.69 Å². The minimum Gasteiger partial charge on any atom is -0.469 e. The number of esters is 1. The van der Waals surface area contributed by atoms with Crippen LogP contribution in [0.1, 0.15) is 32.6 Å². The number of nitrogens with zero attached hydrogens (tertiary/aromatic N) is 2. The molecule has 0 bridgehead atoms. The third kappa shape index (κ3) is 7.21. The van der Waals surface area contributed by atoms with E-state index in [0.29, 0.717) is 35.4 Å². The second-order valence-electron chi connectivity index (χ2n) is 6.64. The predicted octanol–water partition coefficient (Wildman–Crippen LogP) is 2.73. The Labute approximate surface area is 179 Å². The van der Waals surface area contributed by atoms with E-state index in [1.165, 1.54) is 7.11 Å². The Morgan fingerprint density at radius 1 is 1.17 bits per heavy atom. The quantitative estimate of drug-likeness (QED) is 0.476. The van der Waals surface area contributed by atoms with Gasteiger partial charge < -0.3 is 15.4 Å². The molecule has 0 spiro atoms. The lowest BCUT2D eigenvalue weighted by atomic mass is 10.1. The molecule has 1 aliphatic heterocycles. The monoisotopic (exact) mass is 442 g/mol. The molecule has 0 saturated carbocycles. The molecule has 0 aromatic heterocycles. The van der Waals surface area contributed by atoms with Crippen LogP contribution in [-0.4, -0.2) is 43.8 Å². The number of nitrogens with one attached hydrogen (secondary N) is 2. The summed E-state index contributed by atoms with van der Waals surface area (Å²) < 4.78 is 4.48. The molecule has 0 saturated heterocycles. The van der Waals surface area contributed by atoms with Crippen molar-refractivity contribution in [1.29, 1.82) is 0 Å². The van der Waals surface area contributed by atoms with E-state index in [0.717, 1.165) is 5.69 Å². The van der Waals surface area contributed by atoms with Gasteiger partial charge in [-0.3, -0.25) is 19.4 Å². The first-order valence-corrected chi connectivity index (χ1v) is 10.00. The van der Waals surface area contributed by atoms with Crippen molar-refractivity contribution in [3.63, 3.8) is 0 Å². The van der Waals surface area contributed by atoms with Crippen LogP contribution in [0, 0.1) is 5.92 Å². The maximum atomic E-state index is 12.2. The fourth-order valence-corrected chi connectivity index (χ4v) is 2.95. The van der Waals surface area contributed by atoms with Crippen molar-refractivity contribution in [2.24, 2.45) is 11.0 Å². The third-order valence-electron chi connectivity index (χ3n) is 4.30. The molecule has 0 aliphatic carbocycles. The van der Waals surface area contributed by atoms with Gasteiger partial charge in [-0.15, -0.1) is 0 Å². The van der Waals surface area contributed by atoms with Crippen LogP contribution in [0.3, 0.4) is 0 Å². The smallest absolute Gasteiger partial charge is 0.306 e. The van der Waals surface area contributed by atoms with Gasteiger partial charge in [0.1, 0.15) is 5.84 Å². The van der Waals surface area contributed by atoms with Crippen molar-refractivity contribution in [3.05, 3.63) is 28.2 Å². The highest BCUT2D eigenvalue weighted by atomic mass is 35.5. The Morgan fingerprint density at radius 2 is 1.93 bits per heavy atom. The van der Waals surface area contributed by atoms with Gasteiger partial charge >= 0.3 is 5.97 Å². The van der Waals surface area contributed by atoms with E-state index in [4.69, 9.17) is 23.2 Å². The highest BCUT2D eigenvalue weighted by Crippen LogP contribution is 2.29. The molecule has 1 aromatic rings. The number of hydrogen-bond acceptors (Lipinski definition) is 6. The average Bonchev–Trinajstić information content (AvgIpc) is 3.05. The fraction of sp³-hybridized carbons (Fsp3) is 0.474. The van der Waals surface area contributed by atoms with Gasteiger partial charge in [0.2, 0.25) is 11.8 Å². The molecule has 2 rings (SSSR count). The van der Waals surface area contributed by atoms with Crippen LogP contribution in [0.25, 0.3) is 0 Å². The van der Waals surface area contributed by atoms with E-state index < -0.39 is 5.97 Å². The molecule has 158 valence electrons. The Balaban J connectivity index is 1.74. The summed E-state index contributed by atoms with van der Waals surface area (Å²) in [5, 5.41) is 12.6. The van der Waals surface area contributed by atoms with E-state index in [-0.39, 0.29) is 37.0 Å². The first kappa shape index (κ1) is 23.0. The second-order valence-corrected chi connectivity index (χ2v) is 7.46. The van der Waals surface area contributed by atoms with Crippen molar-refractivity contribution in [2.45, 2.75) is 32.6 Å². The van der Waals surface area contributed by atoms with Crippen molar-refractivity contribution in [3.8, 4) is 0 Å². The standard InChI is InChI=1S/C19H24Cl2N4O4/c1-12-11-25(13-5-6-14(20)15(21)10-13)24-19(12)23-17(27)4-3-9-22-16(26)7-8-18(28)29-2/h5-6,10,12H,3-4,7-9,11H2,1-2H3,(H,22,26)(H,23,24,27). The van der Waals surface area contributed by atoms with Gasteiger partial charge in [0.25, 0.3) is 0 Å². The third-order valence-corrected chi connectivity index (χ3v) is 5.04. The average molecular weight is 443 g/mol. The molecular weight excluding hydrogens is 419 g/mol. The van der Waals surface area contributed by atoms with Crippen LogP contribution >= 0.6 is 23.2 Å². The Hall–Kier alpha value is -2.32. The summed E-state index contributed by atoms with van der Waals surface area (Å²) in [6, 6.07) is 5.25. The molecule has 1 unspecified atom stereocenters. The zero-order valence-electron chi connectivity index (χ0n) is 16.3. The summed E-state index contributed by atoms with van der Waals surface area (Å²) in [4.78, 5) is 34.7. The molecule has 1 aromatic carbocycles. The van der Waals surface area contributed by atoms with Gasteiger partial charge in [-0.1, -0.05) is 30.1 Å². The molecular formula is C19H24Cl2N4O4. The summed E-state index contributed by atoms with van der Waals surface area (Å²) in [7, 11) is 1.28. The number of ether oxygens (including phenoxy) is 1. The lowest BCUT2D eigenvalue weighted by Gasteiger charge is -2.14. The van der Waals surface area contributed by atoms with Crippen molar-refractivity contribution < 1.29 is 19.1 Å². The first-order valence-electron chi connectivity index (χ1n) is 9.24. The minimum absolute atomic E-state index is 0.0376. The zero-order chi connectivity index (χ0) is 21.4. The molecule has 1 aliphatic rings. The SMILES string of the molecule is COC(=O)CCC(=O)NCCCC(=O)NC1=NN(c2ccc(Cl)c(Cl)c2)CC1C. The van der Waals surface area contributed by atoms with Gasteiger partial charge in [-0.2, -0.15) is 5.10 Å². The molecule has 2 N–H and O–H groups in total. The molecule has 0 fully saturated rings. The maximum absolute atomic E-state index is 12.2. The van der Waals surface area contributed by atoms with Gasteiger partial charge in [-0.05, 0) is 24.6 Å². The number of halogens is 2. The molecule has 2 amide bonds. The number of amidine groups is 1. The molecule has 1 heterocycles. The van der Waals surface area contributed by atoms with E-state index in [1.54, 1.807) is 17.1 Å². The number of anilines is 1. The van der Waals surface area contributed by atoms with E-state index in [2.05, 4.69) is 20.5 Å². The number of rotatable bonds is 8. The van der Waals surface area contributed by atoms with Gasteiger partial charge in [0.05, 0.1) is 35.8 Å². The van der Waals surface area contributed by atoms with Gasteiger partial charge in [0.15, 0.2) is 0 Å². The normalized spacial score (nSPS) is 15.7. The van der Waals surface area contributed by atoms with E-state index in [9.17, 15) is 14.4 Å². The number of amides is 2. The predicted molar refractivity (Wildman–Crippen MR) is 112 cm³/mol. The topological polar surface area (TPSA) is 100 Å². The van der Waals surface area contributed by atoms with Gasteiger partial charge in [-0.25, -0.2) is 0 Å². The number of carbonyl (C=O) groups is 3. The first-order chi connectivity index (χ1) is 13.8. The van der Waals surface area contributed by atoms with Crippen molar-refractivity contribution >= 4 is 52.5 Å². The highest BCUT2D eigenvalue weighted by molar-refractivity contribution is 6.42. The largest absolute Gasteiger partial charge is 0.469 e. The highest BCUT2D eigenvalue weighted by Gasteiger charge is 2.25. The Kier molecular flexibility index (Phi) is 8.72. The lowest BCUT2D eigenvalue weighted by Crippen LogP contribution is -2.34. The summed E-state index contributed by atoms with van der Waals surface area (Å²) in [5.41, 5.74) is 0.796. The van der Waals surface area contributed by atoms with Crippen molar-refractivity contribution in [2.75, 3.05) is 25.2 Å². The molecule has 0 radical (unpaired) electrons. The van der Waals surface area contributed by atoms with Crippen LogP contribution in [-0.2, 0) is 19.1 Å². The molecule has 8 nitrogen and oxygen atoms in total. The molecule has 29 heavy (non-hydrogen) atoms. The van der Waals surface area contributed by atoms with E-state index >= 15 is 0 Å². The minimum atomic E-state index is -0.430. The number of benzene rings is 1. The summed E-state index contributed by atoms with van der Waals surface area (Å²) in [5.74, 6) is -0.215. The molecule has 1 atom stereocenters. The van der Waals surface area contributed by atoms with Crippen LogP contribution < -0.4 is 15.6 Å². The lowest BCUT2D eigenvalue weighted by molar-refractivity contribution is -0.142. The Morgan fingerprint density at radius 3 is 2.62 bits per heavy atom. The maximum Gasteiger partial charge on any atom is 0.306 e. The van der Waals surface area contributed by atoms with Gasteiger partial charge in [0, 0.05) is 25.3 Å². The second kappa shape index (κ2) is 11.0. The van der Waals surface area contributed by atoms with Crippen LogP contribution in [0.5, 0.6) is 0 Å². The van der Waals surface area contributed by atoms with E-state index in [1.807, 2.05) is 13.0 Å². The fourth-order valence-electron chi connectivity index (χ4n) is 2.66. The number of hydrogen-bond donors (Lipinski definition) is 2. The number of hydrazone groups is 1. The number of methoxy groups -OCH3 is 1. The summed E-state index contributed by atoms with van der Waals surface area (Å²) in [6.45, 7) is 2.94. The van der Waals surface area contributed by atoms with Crippen LogP contribution in [0.15, 0.2) is 23.3 Å². The number of carbonyl (C=O) groups excluding carboxylic acids is 3. The van der Waals surface area contributed by atoms with Crippen molar-refractivity contribution in [1.82, 2.24) is 10.6 Å². The zero-order valence-corrected chi connectivity index (χ0v) is 17.8.